The van der Waals surface area contributed by atoms with Crippen LogP contribution >= 0.6 is 0 Å². The minimum absolute atomic E-state index is 0.143. The summed E-state index contributed by atoms with van der Waals surface area (Å²) in [6, 6.07) is 13.4. The van der Waals surface area contributed by atoms with Gasteiger partial charge in [0.05, 0.1) is 42.5 Å². The normalized spacial score (nSPS) is 26.5. The van der Waals surface area contributed by atoms with Gasteiger partial charge in [-0.05, 0) is 49.2 Å². The van der Waals surface area contributed by atoms with Gasteiger partial charge in [0.15, 0.2) is 18.7 Å². The van der Waals surface area contributed by atoms with Gasteiger partial charge in [0.2, 0.25) is 5.91 Å². The number of hydrogen-bond donors (Lipinski definition) is 5. The topological polar surface area (TPSA) is 175 Å². The lowest BCUT2D eigenvalue weighted by Gasteiger charge is -2.49. The maximum atomic E-state index is 13.7. The van der Waals surface area contributed by atoms with Gasteiger partial charge >= 0.3 is 24.5 Å². The van der Waals surface area contributed by atoms with Crippen molar-refractivity contribution in [2.24, 2.45) is 0 Å². The van der Waals surface area contributed by atoms with E-state index >= 15 is 0 Å². The lowest BCUT2D eigenvalue weighted by Crippen LogP contribution is -2.69. The Balaban J connectivity index is 1.27. The highest BCUT2D eigenvalue weighted by Gasteiger charge is 2.54. The summed E-state index contributed by atoms with van der Waals surface area (Å²) in [5, 5.41) is 22.3. The Morgan fingerprint density at radius 3 is 1.97 bits per heavy atom. The third kappa shape index (κ3) is 14.5. The summed E-state index contributed by atoms with van der Waals surface area (Å²) in [7, 11) is 0. The van der Waals surface area contributed by atoms with Gasteiger partial charge in [0.1, 0.15) is 24.4 Å². The van der Waals surface area contributed by atoms with Crippen molar-refractivity contribution < 1.29 is 74.3 Å². The van der Waals surface area contributed by atoms with Crippen molar-refractivity contribution in [2.45, 2.75) is 152 Å². The van der Waals surface area contributed by atoms with Gasteiger partial charge < -0.3 is 49.5 Å². The number of nitrogens with one attached hydrogen (secondary N) is 4. The number of urea groups is 1. The molecular weight excluding hydrogens is 895 g/mol. The fourth-order valence-electron chi connectivity index (χ4n) is 8.30. The first-order chi connectivity index (χ1) is 32.0. The third-order valence-electron chi connectivity index (χ3n) is 11.7. The molecule has 5 N–H and O–H groups in total. The number of rotatable bonds is 18. The summed E-state index contributed by atoms with van der Waals surface area (Å²) in [5.41, 5.74) is -1.91. The van der Waals surface area contributed by atoms with Crippen LogP contribution in [0.1, 0.15) is 101 Å². The molecule has 3 heterocycles. The van der Waals surface area contributed by atoms with Crippen molar-refractivity contribution in [3.8, 4) is 0 Å². The molecule has 0 spiro atoms. The molecule has 0 saturated carbocycles. The predicted octanol–water partition coefficient (Wildman–Crippen LogP) is 9.24. The molecule has 5 unspecified atom stereocenters. The van der Waals surface area contributed by atoms with Crippen molar-refractivity contribution in [1.82, 2.24) is 10.6 Å². The fourth-order valence-corrected chi connectivity index (χ4v) is 8.30. The molecule has 0 radical (unpaired) electrons. The molecule has 3 aromatic carbocycles. The lowest BCUT2D eigenvalue weighted by molar-refractivity contribution is -0.368. The number of carbonyl (C=O) groups is 3. The molecular formula is C47H58F6N4O10. The number of fused-ring (bicyclic) bond motifs is 1. The van der Waals surface area contributed by atoms with Gasteiger partial charge in [0.25, 0.3) is 0 Å². The van der Waals surface area contributed by atoms with E-state index < -0.39 is 96.9 Å². The molecule has 3 aromatic rings. The van der Waals surface area contributed by atoms with E-state index in [1.54, 1.807) is 37.3 Å². The molecule has 3 aliphatic heterocycles. The predicted molar refractivity (Wildman–Crippen MR) is 231 cm³/mol. The molecule has 0 bridgehead atoms. The summed E-state index contributed by atoms with van der Waals surface area (Å²) in [6.45, 7) is 3.54. The number of benzene rings is 3. The molecule has 20 heteroatoms. The number of halogens is 6. The molecule has 10 atom stereocenters. The number of anilines is 2. The molecule has 4 amide bonds. The van der Waals surface area contributed by atoms with Crippen LogP contribution in [0.25, 0.3) is 0 Å². The van der Waals surface area contributed by atoms with Crippen molar-refractivity contribution in [1.29, 1.82) is 0 Å². The summed E-state index contributed by atoms with van der Waals surface area (Å²) < 4.78 is 118. The van der Waals surface area contributed by atoms with Gasteiger partial charge in [0, 0.05) is 23.4 Å². The Morgan fingerprint density at radius 1 is 0.716 bits per heavy atom. The number of unbranched alkanes of at least 4 members (excludes halogenated alkanes) is 7. The first kappa shape index (κ1) is 51.4. The fraction of sp³-hybridized carbons (Fsp3) is 0.553. The number of ether oxygens (including phenoxy) is 6. The molecule has 0 aliphatic carbocycles. The second-order valence-corrected chi connectivity index (χ2v) is 16.8. The van der Waals surface area contributed by atoms with E-state index in [4.69, 9.17) is 28.4 Å². The van der Waals surface area contributed by atoms with Crippen LogP contribution in [0.5, 0.6) is 0 Å². The summed E-state index contributed by atoms with van der Waals surface area (Å²) in [4.78, 5) is 40.8. The number of aliphatic hydroxyl groups excluding tert-OH is 1. The average Bonchev–Trinajstić information content (AvgIpc) is 3.29. The second kappa shape index (κ2) is 23.8. The highest BCUT2D eigenvalue weighted by atomic mass is 19.4. The Morgan fingerprint density at radius 2 is 1.34 bits per heavy atom. The van der Waals surface area contributed by atoms with Crippen molar-refractivity contribution in [3.63, 3.8) is 0 Å². The Bertz CT molecular complexity index is 2070. The maximum Gasteiger partial charge on any atom is 0.416 e. The van der Waals surface area contributed by atoms with E-state index in [2.05, 4.69) is 28.2 Å². The largest absolute Gasteiger partial charge is 0.438 e. The average molecular weight is 953 g/mol. The zero-order valence-corrected chi connectivity index (χ0v) is 37.2. The van der Waals surface area contributed by atoms with Crippen LogP contribution in [0.2, 0.25) is 0 Å². The van der Waals surface area contributed by atoms with E-state index in [1.807, 2.05) is 0 Å². The van der Waals surface area contributed by atoms with Crippen molar-refractivity contribution in [2.75, 3.05) is 23.8 Å². The first-order valence-corrected chi connectivity index (χ1v) is 22.7. The number of carbonyl (C=O) groups excluding carboxylic acids is 3. The zero-order valence-electron chi connectivity index (χ0n) is 37.2. The molecule has 3 saturated heterocycles. The molecule has 368 valence electrons. The summed E-state index contributed by atoms with van der Waals surface area (Å²) in [6.07, 6.45) is -12.8. The van der Waals surface area contributed by atoms with E-state index in [9.17, 15) is 45.8 Å². The number of alkyl halides is 6. The zero-order chi connectivity index (χ0) is 48.1. The standard InChI is InChI=1S/C47H58F6N4O10/c1-3-5-6-7-8-9-10-14-23-36(58)57-37-34(4-2)62-26-33(56-44(60)54-31-21-15-19-29(24-31)46(48,49)50)39(37)65-43-41(67-45(61)55-32-22-16-20-30(25-32)47(51,52)53)38(59)40-35(64-43)27-63-42(66-40)28-17-12-11-13-18-28/h11-13,15-22,24-25,33-35,37-43,59H,3-10,14,23,26-27H2,1-2H3,(H,55,61)(H,57,58)(H2,54,56,60)/t33?,34?,35?,37-,38-,39+,40-,41?,42?,43+/m0/s1. The minimum atomic E-state index is -4.73. The highest BCUT2D eigenvalue weighted by molar-refractivity contribution is 5.89. The van der Waals surface area contributed by atoms with E-state index in [1.165, 1.54) is 18.6 Å². The summed E-state index contributed by atoms with van der Waals surface area (Å²) in [5.74, 6) is -0.361. The van der Waals surface area contributed by atoms with Crippen molar-refractivity contribution >= 4 is 29.4 Å². The Labute approximate surface area is 384 Å². The van der Waals surface area contributed by atoms with Crippen LogP contribution in [0, 0.1) is 0 Å². The van der Waals surface area contributed by atoms with E-state index in [-0.39, 0.29) is 36.9 Å². The van der Waals surface area contributed by atoms with Crippen LogP contribution in [0.15, 0.2) is 78.9 Å². The van der Waals surface area contributed by atoms with Crippen LogP contribution in [-0.2, 0) is 45.6 Å². The van der Waals surface area contributed by atoms with Gasteiger partial charge in [-0.15, -0.1) is 0 Å². The number of hydrogen-bond acceptors (Lipinski definition) is 10. The Kier molecular flexibility index (Phi) is 18.3. The first-order valence-electron chi connectivity index (χ1n) is 22.7. The minimum Gasteiger partial charge on any atom is -0.438 e. The SMILES string of the molecule is CCCCCCCCCCC(=O)N[C@H]1C(CC)OCC(NC(=O)Nc2cccc(C(F)(F)F)c2)[C@H]1O[C@H]1OC2COC(c3ccccc3)O[C@@H]2[C@H](O)C1OC(=O)Nc1cccc(C(F)(F)F)c1. The molecule has 6 rings (SSSR count). The lowest BCUT2D eigenvalue weighted by atomic mass is 9.92. The molecule has 0 aromatic heterocycles. The maximum absolute atomic E-state index is 13.7. The van der Waals surface area contributed by atoms with E-state index in [0.717, 1.165) is 68.9 Å². The van der Waals surface area contributed by atoms with Gasteiger partial charge in [-0.2, -0.15) is 26.3 Å². The van der Waals surface area contributed by atoms with Crippen LogP contribution in [-0.4, -0.2) is 91.3 Å². The van der Waals surface area contributed by atoms with E-state index in [0.29, 0.717) is 24.5 Å². The molecule has 67 heavy (non-hydrogen) atoms. The van der Waals surface area contributed by atoms with Crippen LogP contribution in [0.4, 0.5) is 47.3 Å². The second-order valence-electron chi connectivity index (χ2n) is 16.8. The molecule has 3 fully saturated rings. The smallest absolute Gasteiger partial charge is 0.416 e. The van der Waals surface area contributed by atoms with Crippen molar-refractivity contribution in [3.05, 3.63) is 95.6 Å². The van der Waals surface area contributed by atoms with Gasteiger partial charge in [-0.1, -0.05) is 101 Å². The van der Waals surface area contributed by atoms with Gasteiger partial charge in [-0.3, -0.25) is 10.1 Å². The van der Waals surface area contributed by atoms with Crippen LogP contribution < -0.4 is 21.3 Å². The highest BCUT2D eigenvalue weighted by Crippen LogP contribution is 2.38. The third-order valence-corrected chi connectivity index (χ3v) is 11.7. The Hall–Kier alpha value is -4.99. The monoisotopic (exact) mass is 952 g/mol. The van der Waals surface area contributed by atoms with Gasteiger partial charge in [-0.25, -0.2) is 9.59 Å². The quantitative estimate of drug-likeness (QED) is 0.0611. The molecule has 14 nitrogen and oxygen atoms in total. The number of aliphatic hydroxyl groups is 1. The molecule has 3 aliphatic rings. The summed E-state index contributed by atoms with van der Waals surface area (Å²) >= 11 is 0. The van der Waals surface area contributed by atoms with Crippen LogP contribution in [0.3, 0.4) is 0 Å². The number of amides is 4.